The van der Waals surface area contributed by atoms with Crippen molar-refractivity contribution in [3.63, 3.8) is 0 Å². The molecule has 0 aliphatic rings. The zero-order chi connectivity index (χ0) is 13.7. The van der Waals surface area contributed by atoms with E-state index in [4.69, 9.17) is 5.11 Å². The molecular formula is C12H19N3O3. The van der Waals surface area contributed by atoms with Crippen molar-refractivity contribution in [2.45, 2.75) is 19.5 Å². The van der Waals surface area contributed by atoms with Crippen molar-refractivity contribution in [2.24, 2.45) is 0 Å². The van der Waals surface area contributed by atoms with Gasteiger partial charge < -0.3 is 10.4 Å². The SMILES string of the molecule is CNc1cc(CN(C)C(C)CO)ccc1[N+](=O)[O-]. The van der Waals surface area contributed by atoms with E-state index in [1.54, 1.807) is 19.2 Å². The highest BCUT2D eigenvalue weighted by Gasteiger charge is 2.14. The predicted octanol–water partition coefficient (Wildman–Crippen LogP) is 1.45. The third-order valence-corrected chi connectivity index (χ3v) is 2.98. The number of nitro groups is 1. The van der Waals surface area contributed by atoms with Gasteiger partial charge in [-0.25, -0.2) is 0 Å². The third kappa shape index (κ3) is 3.41. The highest BCUT2D eigenvalue weighted by atomic mass is 16.6. The van der Waals surface area contributed by atoms with E-state index in [9.17, 15) is 10.1 Å². The molecule has 0 aliphatic heterocycles. The largest absolute Gasteiger partial charge is 0.395 e. The number of aliphatic hydroxyl groups is 1. The van der Waals surface area contributed by atoms with Crippen molar-refractivity contribution in [1.82, 2.24) is 4.90 Å². The van der Waals surface area contributed by atoms with Crippen LogP contribution in [0.1, 0.15) is 12.5 Å². The summed E-state index contributed by atoms with van der Waals surface area (Å²) in [6.45, 7) is 2.64. The van der Waals surface area contributed by atoms with E-state index in [0.29, 0.717) is 12.2 Å². The van der Waals surface area contributed by atoms with Crippen molar-refractivity contribution in [1.29, 1.82) is 0 Å². The summed E-state index contributed by atoms with van der Waals surface area (Å²) in [6, 6.07) is 5.05. The summed E-state index contributed by atoms with van der Waals surface area (Å²) in [5.41, 5.74) is 1.54. The Balaban J connectivity index is 2.89. The van der Waals surface area contributed by atoms with Crippen LogP contribution in [0.3, 0.4) is 0 Å². The normalized spacial score (nSPS) is 12.5. The maximum Gasteiger partial charge on any atom is 0.292 e. The maximum absolute atomic E-state index is 10.8. The van der Waals surface area contributed by atoms with Crippen molar-refractivity contribution >= 4 is 11.4 Å². The first-order valence-electron chi connectivity index (χ1n) is 5.75. The molecular weight excluding hydrogens is 234 g/mol. The Morgan fingerprint density at radius 2 is 2.22 bits per heavy atom. The lowest BCUT2D eigenvalue weighted by molar-refractivity contribution is -0.384. The van der Waals surface area contributed by atoms with Crippen LogP contribution in [0, 0.1) is 10.1 Å². The molecule has 2 N–H and O–H groups in total. The van der Waals surface area contributed by atoms with Gasteiger partial charge in [-0.3, -0.25) is 15.0 Å². The summed E-state index contributed by atoms with van der Waals surface area (Å²) < 4.78 is 0. The number of anilines is 1. The minimum absolute atomic E-state index is 0.0539. The number of hydrogen-bond donors (Lipinski definition) is 2. The number of benzene rings is 1. The first-order chi connectivity index (χ1) is 8.49. The van der Waals surface area contributed by atoms with Crippen molar-refractivity contribution in [3.8, 4) is 0 Å². The average Bonchev–Trinajstić information content (AvgIpc) is 2.37. The number of nitrogens with one attached hydrogen (secondary N) is 1. The maximum atomic E-state index is 10.8. The number of nitrogens with zero attached hydrogens (tertiary/aromatic N) is 2. The number of nitro benzene ring substituents is 1. The van der Waals surface area contributed by atoms with Gasteiger partial charge in [0.05, 0.1) is 11.5 Å². The van der Waals surface area contributed by atoms with Crippen molar-refractivity contribution < 1.29 is 10.0 Å². The second-order valence-electron chi connectivity index (χ2n) is 4.31. The monoisotopic (exact) mass is 253 g/mol. The van der Waals surface area contributed by atoms with Gasteiger partial charge in [-0.2, -0.15) is 0 Å². The number of aliphatic hydroxyl groups excluding tert-OH is 1. The zero-order valence-electron chi connectivity index (χ0n) is 10.9. The van der Waals surface area contributed by atoms with Crippen LogP contribution in [0.25, 0.3) is 0 Å². The Morgan fingerprint density at radius 1 is 1.56 bits per heavy atom. The molecule has 1 aromatic rings. The number of likely N-dealkylation sites (N-methyl/N-ethyl adjacent to an activating group) is 1. The highest BCUT2D eigenvalue weighted by Crippen LogP contribution is 2.25. The highest BCUT2D eigenvalue weighted by molar-refractivity contribution is 5.62. The second kappa shape index (κ2) is 6.32. The van der Waals surface area contributed by atoms with E-state index in [1.165, 1.54) is 6.07 Å². The Kier molecular flexibility index (Phi) is 5.06. The molecule has 6 heteroatoms. The van der Waals surface area contributed by atoms with Crippen molar-refractivity contribution in [2.75, 3.05) is 26.0 Å². The van der Waals surface area contributed by atoms with Gasteiger partial charge >= 0.3 is 0 Å². The Labute approximate surface area is 106 Å². The summed E-state index contributed by atoms with van der Waals surface area (Å²) in [4.78, 5) is 12.4. The Hall–Kier alpha value is -1.66. The molecule has 6 nitrogen and oxygen atoms in total. The molecule has 0 aromatic heterocycles. The number of hydrogen-bond acceptors (Lipinski definition) is 5. The quantitative estimate of drug-likeness (QED) is 0.592. The lowest BCUT2D eigenvalue weighted by atomic mass is 10.1. The third-order valence-electron chi connectivity index (χ3n) is 2.98. The van der Waals surface area contributed by atoms with E-state index < -0.39 is 4.92 Å². The summed E-state index contributed by atoms with van der Waals surface area (Å²) in [7, 11) is 3.56. The van der Waals surface area contributed by atoms with E-state index in [-0.39, 0.29) is 18.3 Å². The van der Waals surface area contributed by atoms with Gasteiger partial charge in [0.25, 0.3) is 5.69 Å². The topological polar surface area (TPSA) is 78.6 Å². The molecule has 0 saturated heterocycles. The summed E-state index contributed by atoms with van der Waals surface area (Å²) in [5.74, 6) is 0. The molecule has 0 bridgehead atoms. The predicted molar refractivity (Wildman–Crippen MR) is 70.7 cm³/mol. The van der Waals surface area contributed by atoms with Gasteiger partial charge in [0.15, 0.2) is 0 Å². The molecule has 1 atom stereocenters. The molecule has 0 saturated carbocycles. The van der Waals surface area contributed by atoms with Crippen molar-refractivity contribution in [3.05, 3.63) is 33.9 Å². The molecule has 0 amide bonds. The van der Waals surface area contributed by atoms with E-state index >= 15 is 0 Å². The lowest BCUT2D eigenvalue weighted by Crippen LogP contribution is -2.31. The molecule has 100 valence electrons. The second-order valence-corrected chi connectivity index (χ2v) is 4.31. The average molecular weight is 253 g/mol. The van der Waals surface area contributed by atoms with Crippen LogP contribution in [-0.2, 0) is 6.54 Å². The smallest absolute Gasteiger partial charge is 0.292 e. The minimum atomic E-state index is -0.407. The van der Waals surface area contributed by atoms with Gasteiger partial charge in [-0.1, -0.05) is 6.07 Å². The fourth-order valence-electron chi connectivity index (χ4n) is 1.62. The standard InChI is InChI=1S/C12H19N3O3/c1-9(8-16)14(3)7-10-4-5-12(15(17)18)11(6-10)13-2/h4-6,9,13,16H,7-8H2,1-3H3. The molecule has 0 aliphatic carbocycles. The van der Waals surface area contributed by atoms with E-state index in [1.807, 2.05) is 18.9 Å². The van der Waals surface area contributed by atoms with Crippen LogP contribution in [0.2, 0.25) is 0 Å². The minimum Gasteiger partial charge on any atom is -0.395 e. The van der Waals surface area contributed by atoms with Gasteiger partial charge in [-0.05, 0) is 25.6 Å². The van der Waals surface area contributed by atoms with Crippen LogP contribution < -0.4 is 5.32 Å². The van der Waals surface area contributed by atoms with Gasteiger partial charge in [0, 0.05) is 25.7 Å². The Morgan fingerprint density at radius 3 is 2.72 bits per heavy atom. The summed E-state index contributed by atoms with van der Waals surface area (Å²) in [5, 5.41) is 22.7. The van der Waals surface area contributed by atoms with Crippen LogP contribution in [0.5, 0.6) is 0 Å². The van der Waals surface area contributed by atoms with Gasteiger partial charge in [0.1, 0.15) is 5.69 Å². The zero-order valence-corrected chi connectivity index (χ0v) is 10.9. The fraction of sp³-hybridized carbons (Fsp3) is 0.500. The first-order valence-corrected chi connectivity index (χ1v) is 5.75. The first kappa shape index (κ1) is 14.4. The summed E-state index contributed by atoms with van der Waals surface area (Å²) >= 11 is 0. The molecule has 1 unspecified atom stereocenters. The van der Waals surface area contributed by atoms with Crippen LogP contribution in [0.4, 0.5) is 11.4 Å². The van der Waals surface area contributed by atoms with Gasteiger partial charge in [0.2, 0.25) is 0 Å². The fourth-order valence-corrected chi connectivity index (χ4v) is 1.62. The molecule has 1 rings (SSSR count). The van der Waals surface area contributed by atoms with Crippen LogP contribution in [0.15, 0.2) is 18.2 Å². The Bertz CT molecular complexity index is 423. The molecule has 0 radical (unpaired) electrons. The van der Waals surface area contributed by atoms with E-state index in [0.717, 1.165) is 5.56 Å². The number of rotatable bonds is 6. The van der Waals surface area contributed by atoms with E-state index in [2.05, 4.69) is 5.32 Å². The molecule has 0 heterocycles. The van der Waals surface area contributed by atoms with Crippen LogP contribution in [-0.4, -0.2) is 41.7 Å². The van der Waals surface area contributed by atoms with Crippen LogP contribution >= 0.6 is 0 Å². The summed E-state index contributed by atoms with van der Waals surface area (Å²) in [6.07, 6.45) is 0. The molecule has 0 spiro atoms. The van der Waals surface area contributed by atoms with Gasteiger partial charge in [-0.15, -0.1) is 0 Å². The molecule has 0 fully saturated rings. The lowest BCUT2D eigenvalue weighted by Gasteiger charge is -2.22. The molecule has 1 aromatic carbocycles. The molecule has 18 heavy (non-hydrogen) atoms.